The molecule has 6 heteroatoms. The van der Waals surface area contributed by atoms with Gasteiger partial charge in [0.2, 0.25) is 11.7 Å². The van der Waals surface area contributed by atoms with Crippen molar-refractivity contribution in [3.05, 3.63) is 53.7 Å². The highest BCUT2D eigenvalue weighted by Crippen LogP contribution is 2.17. The normalized spacial score (nSPS) is 11.3. The number of nitrogens with zero attached hydrogens (tertiary/aromatic N) is 5. The third-order valence-electron chi connectivity index (χ3n) is 3.39. The minimum absolute atomic E-state index is 0.605. The van der Waals surface area contributed by atoms with Gasteiger partial charge in [0.25, 0.3) is 0 Å². The second-order valence-electron chi connectivity index (χ2n) is 5.57. The number of benzene rings is 1. The maximum Gasteiger partial charge on any atom is 0.241 e. The van der Waals surface area contributed by atoms with Crippen LogP contribution in [0.5, 0.6) is 0 Å². The van der Waals surface area contributed by atoms with Gasteiger partial charge >= 0.3 is 0 Å². The lowest BCUT2D eigenvalue weighted by atomic mass is 10.1. The molecule has 3 aromatic rings. The Kier molecular flexibility index (Phi) is 4.02. The molecule has 2 heterocycles. The first kappa shape index (κ1) is 14.5. The monoisotopic (exact) mass is 297 g/mol. The average Bonchev–Trinajstić information content (AvgIpc) is 3.09. The molecular formula is C16H19N5O. The van der Waals surface area contributed by atoms with Crippen LogP contribution in [-0.2, 0) is 20.1 Å². The summed E-state index contributed by atoms with van der Waals surface area (Å²) in [6, 6.07) is 8.09. The molecule has 6 nitrogen and oxygen atoms in total. The molecule has 3 rings (SSSR count). The van der Waals surface area contributed by atoms with E-state index in [4.69, 9.17) is 4.52 Å². The van der Waals surface area contributed by atoms with Crippen LogP contribution in [0.25, 0.3) is 11.4 Å². The Bertz CT molecular complexity index is 744. The average molecular weight is 297 g/mol. The summed E-state index contributed by atoms with van der Waals surface area (Å²) in [6.07, 6.45) is 3.87. The Balaban J connectivity index is 1.65. The molecular weight excluding hydrogens is 278 g/mol. The van der Waals surface area contributed by atoms with Gasteiger partial charge in [0.1, 0.15) is 0 Å². The van der Waals surface area contributed by atoms with E-state index in [1.807, 2.05) is 50.8 Å². The molecule has 22 heavy (non-hydrogen) atoms. The zero-order valence-electron chi connectivity index (χ0n) is 13.0. The van der Waals surface area contributed by atoms with E-state index < -0.39 is 0 Å². The highest BCUT2D eigenvalue weighted by molar-refractivity contribution is 5.54. The van der Waals surface area contributed by atoms with Gasteiger partial charge in [-0.2, -0.15) is 10.1 Å². The van der Waals surface area contributed by atoms with Crippen molar-refractivity contribution < 1.29 is 4.52 Å². The zero-order chi connectivity index (χ0) is 15.5. The Hall–Kier alpha value is -2.47. The predicted octanol–water partition coefficient (Wildman–Crippen LogP) is 2.41. The van der Waals surface area contributed by atoms with Gasteiger partial charge in [0.15, 0.2) is 0 Å². The van der Waals surface area contributed by atoms with Gasteiger partial charge in [-0.1, -0.05) is 35.0 Å². The van der Waals surface area contributed by atoms with Gasteiger partial charge in [0, 0.05) is 30.9 Å². The van der Waals surface area contributed by atoms with Crippen LogP contribution in [-0.4, -0.2) is 31.9 Å². The largest absolute Gasteiger partial charge is 0.338 e. The van der Waals surface area contributed by atoms with E-state index in [0.717, 1.165) is 17.7 Å². The van der Waals surface area contributed by atoms with Crippen molar-refractivity contribution in [2.45, 2.75) is 20.0 Å². The fourth-order valence-corrected chi connectivity index (χ4v) is 2.29. The van der Waals surface area contributed by atoms with E-state index in [1.54, 1.807) is 4.68 Å². The third kappa shape index (κ3) is 3.40. The summed E-state index contributed by atoms with van der Waals surface area (Å²) in [7, 11) is 3.93. The van der Waals surface area contributed by atoms with E-state index in [9.17, 15) is 0 Å². The quantitative estimate of drug-likeness (QED) is 0.724. The Labute approximate surface area is 129 Å². The van der Waals surface area contributed by atoms with Gasteiger partial charge in [-0.3, -0.25) is 9.58 Å². The summed E-state index contributed by atoms with van der Waals surface area (Å²) in [6.45, 7) is 3.45. The van der Waals surface area contributed by atoms with Crippen LogP contribution in [0.15, 0.2) is 41.2 Å². The molecule has 0 atom stereocenters. The van der Waals surface area contributed by atoms with Crippen molar-refractivity contribution >= 4 is 0 Å². The van der Waals surface area contributed by atoms with Crippen LogP contribution in [0.1, 0.15) is 17.0 Å². The first-order valence-electron chi connectivity index (χ1n) is 7.16. The Morgan fingerprint density at radius 3 is 2.64 bits per heavy atom. The van der Waals surface area contributed by atoms with E-state index in [-0.39, 0.29) is 0 Å². The van der Waals surface area contributed by atoms with Crippen molar-refractivity contribution in [3.63, 3.8) is 0 Å². The van der Waals surface area contributed by atoms with Gasteiger partial charge in [-0.05, 0) is 14.0 Å². The van der Waals surface area contributed by atoms with Crippen molar-refractivity contribution in [2.75, 3.05) is 7.05 Å². The lowest BCUT2D eigenvalue weighted by Crippen LogP contribution is -2.17. The second-order valence-corrected chi connectivity index (χ2v) is 5.57. The fourth-order valence-electron chi connectivity index (χ4n) is 2.29. The van der Waals surface area contributed by atoms with Gasteiger partial charge in [-0.15, -0.1) is 0 Å². The van der Waals surface area contributed by atoms with Gasteiger partial charge < -0.3 is 4.52 Å². The van der Waals surface area contributed by atoms with Crippen molar-refractivity contribution in [1.82, 2.24) is 24.8 Å². The highest BCUT2D eigenvalue weighted by atomic mass is 16.5. The van der Waals surface area contributed by atoms with Crippen molar-refractivity contribution in [3.8, 4) is 11.4 Å². The SMILES string of the molecule is Cc1ccc(-c2noc(CN(C)Cc3cnn(C)c3)n2)cc1. The molecule has 1 aromatic carbocycles. The fraction of sp³-hybridized carbons (Fsp3) is 0.312. The molecule has 0 spiro atoms. The maximum atomic E-state index is 5.34. The molecule has 0 unspecified atom stereocenters. The summed E-state index contributed by atoms with van der Waals surface area (Å²) < 4.78 is 7.14. The predicted molar refractivity (Wildman–Crippen MR) is 82.9 cm³/mol. The van der Waals surface area contributed by atoms with E-state index >= 15 is 0 Å². The summed E-state index contributed by atoms with van der Waals surface area (Å²) in [5.41, 5.74) is 3.34. The van der Waals surface area contributed by atoms with Gasteiger partial charge in [0.05, 0.1) is 12.7 Å². The number of hydrogen-bond donors (Lipinski definition) is 0. The molecule has 0 amide bonds. The van der Waals surface area contributed by atoms with Crippen LogP contribution < -0.4 is 0 Å². The topological polar surface area (TPSA) is 60.0 Å². The smallest absolute Gasteiger partial charge is 0.241 e. The van der Waals surface area contributed by atoms with Crippen LogP contribution >= 0.6 is 0 Å². The molecule has 0 bridgehead atoms. The van der Waals surface area contributed by atoms with E-state index in [2.05, 4.69) is 27.1 Å². The van der Waals surface area contributed by atoms with Crippen molar-refractivity contribution in [1.29, 1.82) is 0 Å². The minimum Gasteiger partial charge on any atom is -0.338 e. The first-order chi connectivity index (χ1) is 10.6. The van der Waals surface area contributed by atoms with Gasteiger partial charge in [-0.25, -0.2) is 0 Å². The summed E-state index contributed by atoms with van der Waals surface area (Å²) in [5.74, 6) is 1.24. The Morgan fingerprint density at radius 2 is 1.95 bits per heavy atom. The van der Waals surface area contributed by atoms with Crippen LogP contribution in [0.2, 0.25) is 0 Å². The van der Waals surface area contributed by atoms with E-state index in [0.29, 0.717) is 18.3 Å². The molecule has 0 aliphatic heterocycles. The number of hydrogen-bond acceptors (Lipinski definition) is 5. The maximum absolute atomic E-state index is 5.34. The third-order valence-corrected chi connectivity index (χ3v) is 3.39. The lowest BCUT2D eigenvalue weighted by molar-refractivity contribution is 0.261. The minimum atomic E-state index is 0.605. The van der Waals surface area contributed by atoms with E-state index in [1.165, 1.54) is 5.56 Å². The number of aryl methyl sites for hydroxylation is 2. The first-order valence-corrected chi connectivity index (χ1v) is 7.16. The summed E-state index contributed by atoms with van der Waals surface area (Å²) in [4.78, 5) is 6.57. The number of rotatable bonds is 5. The molecule has 114 valence electrons. The molecule has 0 saturated carbocycles. The molecule has 0 fully saturated rings. The standard InChI is InChI=1S/C16H19N5O/c1-12-4-6-14(7-5-12)16-18-15(22-19-16)11-20(2)9-13-8-17-21(3)10-13/h4-8,10H,9,11H2,1-3H3. The summed E-state index contributed by atoms with van der Waals surface area (Å²) in [5, 5.41) is 8.22. The molecule has 0 aliphatic rings. The van der Waals surface area contributed by atoms with Crippen LogP contribution in [0.4, 0.5) is 0 Å². The van der Waals surface area contributed by atoms with Crippen LogP contribution in [0.3, 0.4) is 0 Å². The lowest BCUT2D eigenvalue weighted by Gasteiger charge is -2.12. The Morgan fingerprint density at radius 1 is 1.18 bits per heavy atom. The second kappa shape index (κ2) is 6.11. The molecule has 0 radical (unpaired) electrons. The molecule has 0 N–H and O–H groups in total. The number of aromatic nitrogens is 4. The van der Waals surface area contributed by atoms with Crippen molar-refractivity contribution in [2.24, 2.45) is 7.05 Å². The molecule has 0 aliphatic carbocycles. The summed E-state index contributed by atoms with van der Waals surface area (Å²) >= 11 is 0. The molecule has 2 aromatic heterocycles. The highest BCUT2D eigenvalue weighted by Gasteiger charge is 2.11. The molecule has 0 saturated heterocycles. The van der Waals surface area contributed by atoms with Crippen LogP contribution in [0, 0.1) is 6.92 Å². The zero-order valence-corrected chi connectivity index (χ0v) is 13.0.